The Labute approximate surface area is 142 Å². The van der Waals surface area contributed by atoms with Crippen molar-refractivity contribution in [1.82, 2.24) is 15.2 Å². The van der Waals surface area contributed by atoms with Crippen molar-refractivity contribution in [3.63, 3.8) is 0 Å². The highest BCUT2D eigenvalue weighted by atomic mass is 16.6. The summed E-state index contributed by atoms with van der Waals surface area (Å²) < 4.78 is 5.15. The molecule has 2 rings (SSSR count). The molecule has 0 spiro atoms. The smallest absolute Gasteiger partial charge is 0.408 e. The third kappa shape index (κ3) is 5.49. The molecule has 132 valence electrons. The summed E-state index contributed by atoms with van der Waals surface area (Å²) in [6.45, 7) is 5.08. The number of aromatic nitrogens is 1. The lowest BCUT2D eigenvalue weighted by Gasteiger charge is -2.28. The molecule has 24 heavy (non-hydrogen) atoms. The summed E-state index contributed by atoms with van der Waals surface area (Å²) in [6, 6.07) is 4.63. The predicted octanol–water partition coefficient (Wildman–Crippen LogP) is 1.46. The quantitative estimate of drug-likeness (QED) is 0.821. The summed E-state index contributed by atoms with van der Waals surface area (Å²) in [4.78, 5) is 30.5. The second kappa shape index (κ2) is 7.61. The van der Waals surface area contributed by atoms with Gasteiger partial charge in [-0.3, -0.25) is 9.78 Å². The summed E-state index contributed by atoms with van der Waals surface area (Å²) in [5.41, 5.74) is 0.101. The normalized spacial score (nSPS) is 15.5. The van der Waals surface area contributed by atoms with E-state index in [1.165, 1.54) is 0 Å². The van der Waals surface area contributed by atoms with Crippen LogP contribution in [-0.2, 0) is 16.1 Å². The van der Waals surface area contributed by atoms with E-state index in [1.807, 2.05) is 18.2 Å². The molecular formula is C17H25N3O4. The van der Waals surface area contributed by atoms with Crippen molar-refractivity contribution < 1.29 is 19.4 Å². The molecule has 0 radical (unpaired) electrons. The summed E-state index contributed by atoms with van der Waals surface area (Å²) in [6.07, 6.45) is 2.79. The lowest BCUT2D eigenvalue weighted by molar-refractivity contribution is -0.135. The van der Waals surface area contributed by atoms with Crippen LogP contribution in [0, 0.1) is 0 Å². The maximum atomic E-state index is 12.7. The van der Waals surface area contributed by atoms with Crippen LogP contribution in [0.25, 0.3) is 0 Å². The molecule has 7 heteroatoms. The zero-order valence-electron chi connectivity index (χ0n) is 14.4. The van der Waals surface area contributed by atoms with Gasteiger partial charge in [-0.25, -0.2) is 4.79 Å². The molecule has 0 saturated heterocycles. The Hall–Kier alpha value is -2.15. The topological polar surface area (TPSA) is 91.8 Å². The Balaban J connectivity index is 2.02. The number of hydrogen-bond donors (Lipinski definition) is 2. The van der Waals surface area contributed by atoms with Gasteiger partial charge in [0.2, 0.25) is 5.91 Å². The number of nitrogens with one attached hydrogen (secondary N) is 1. The van der Waals surface area contributed by atoms with E-state index in [2.05, 4.69) is 10.3 Å². The number of nitrogens with zero attached hydrogens (tertiary/aromatic N) is 2. The van der Waals surface area contributed by atoms with Gasteiger partial charge in [0.25, 0.3) is 0 Å². The number of pyridine rings is 1. The van der Waals surface area contributed by atoms with Gasteiger partial charge in [-0.2, -0.15) is 0 Å². The highest BCUT2D eigenvalue weighted by Crippen LogP contribution is 2.28. The van der Waals surface area contributed by atoms with Gasteiger partial charge in [0.1, 0.15) is 11.6 Å². The maximum absolute atomic E-state index is 12.7. The zero-order chi connectivity index (χ0) is 17.7. The van der Waals surface area contributed by atoms with Crippen molar-refractivity contribution in [2.45, 2.75) is 57.8 Å². The Bertz CT molecular complexity index is 567. The van der Waals surface area contributed by atoms with Crippen LogP contribution in [0.2, 0.25) is 0 Å². The SMILES string of the molecule is CC(C)(C)OC(=O)NC(CO)C(=O)N(Cc1ccccn1)C1CC1. The van der Waals surface area contributed by atoms with E-state index in [1.54, 1.807) is 31.9 Å². The van der Waals surface area contributed by atoms with E-state index >= 15 is 0 Å². The predicted molar refractivity (Wildman–Crippen MR) is 88.1 cm³/mol. The molecule has 2 amide bonds. The molecule has 0 aliphatic heterocycles. The molecule has 0 bridgehead atoms. The third-order valence-corrected chi connectivity index (χ3v) is 3.50. The van der Waals surface area contributed by atoms with Crippen LogP contribution < -0.4 is 5.32 Å². The number of hydrogen-bond acceptors (Lipinski definition) is 5. The molecule has 1 aliphatic carbocycles. The summed E-state index contributed by atoms with van der Waals surface area (Å²) >= 11 is 0. The van der Waals surface area contributed by atoms with E-state index in [0.717, 1.165) is 18.5 Å². The summed E-state index contributed by atoms with van der Waals surface area (Å²) in [5.74, 6) is -0.323. The largest absolute Gasteiger partial charge is 0.444 e. The van der Waals surface area contributed by atoms with E-state index in [-0.39, 0.29) is 11.9 Å². The Kier molecular flexibility index (Phi) is 5.77. The summed E-state index contributed by atoms with van der Waals surface area (Å²) in [5, 5.41) is 12.0. The number of carbonyl (C=O) groups excluding carboxylic acids is 2. The molecule has 1 unspecified atom stereocenters. The summed E-state index contributed by atoms with van der Waals surface area (Å²) in [7, 11) is 0. The van der Waals surface area contributed by atoms with Crippen LogP contribution in [0.3, 0.4) is 0 Å². The molecule has 2 N–H and O–H groups in total. The number of aliphatic hydroxyl groups is 1. The molecule has 1 aliphatic rings. The Morgan fingerprint density at radius 3 is 2.62 bits per heavy atom. The first-order chi connectivity index (χ1) is 11.3. The fourth-order valence-corrected chi connectivity index (χ4v) is 2.27. The molecule has 0 aromatic carbocycles. The van der Waals surface area contributed by atoms with Gasteiger partial charge in [-0.15, -0.1) is 0 Å². The number of alkyl carbamates (subject to hydrolysis) is 1. The number of ether oxygens (including phenoxy) is 1. The van der Waals surface area contributed by atoms with E-state index in [4.69, 9.17) is 4.74 Å². The van der Waals surface area contributed by atoms with Crippen molar-refractivity contribution in [2.75, 3.05) is 6.61 Å². The fraction of sp³-hybridized carbons (Fsp3) is 0.588. The molecule has 1 fully saturated rings. The van der Waals surface area contributed by atoms with Crippen molar-refractivity contribution in [2.24, 2.45) is 0 Å². The lowest BCUT2D eigenvalue weighted by atomic mass is 10.2. The number of carbonyl (C=O) groups is 2. The minimum Gasteiger partial charge on any atom is -0.444 e. The second-order valence-electron chi connectivity index (χ2n) is 6.90. The second-order valence-corrected chi connectivity index (χ2v) is 6.90. The van der Waals surface area contributed by atoms with Crippen molar-refractivity contribution in [1.29, 1.82) is 0 Å². The average molecular weight is 335 g/mol. The minimum atomic E-state index is -1.02. The van der Waals surface area contributed by atoms with Gasteiger partial charge in [0.15, 0.2) is 0 Å². The van der Waals surface area contributed by atoms with Gasteiger partial charge >= 0.3 is 6.09 Å². The average Bonchev–Trinajstić information content (AvgIpc) is 3.33. The van der Waals surface area contributed by atoms with Gasteiger partial charge in [0.05, 0.1) is 18.8 Å². The van der Waals surface area contributed by atoms with Gasteiger partial charge in [-0.05, 0) is 45.7 Å². The van der Waals surface area contributed by atoms with E-state index in [0.29, 0.717) is 6.54 Å². The number of amides is 2. The van der Waals surface area contributed by atoms with Crippen molar-refractivity contribution in [3.05, 3.63) is 30.1 Å². The highest BCUT2D eigenvalue weighted by Gasteiger charge is 2.36. The lowest BCUT2D eigenvalue weighted by Crippen LogP contribution is -2.52. The molecule has 1 aromatic heterocycles. The Morgan fingerprint density at radius 1 is 1.42 bits per heavy atom. The first-order valence-corrected chi connectivity index (χ1v) is 8.11. The standard InChI is InChI=1S/C17H25N3O4/c1-17(2,3)24-16(23)19-14(11-21)15(22)20(13-7-8-13)10-12-6-4-5-9-18-12/h4-6,9,13-14,21H,7-8,10-11H2,1-3H3,(H,19,23). The molecule has 1 saturated carbocycles. The van der Waals surface area contributed by atoms with Crippen LogP contribution in [0.1, 0.15) is 39.3 Å². The van der Waals surface area contributed by atoms with E-state index in [9.17, 15) is 14.7 Å². The Morgan fingerprint density at radius 2 is 2.12 bits per heavy atom. The van der Waals surface area contributed by atoms with Crippen LogP contribution in [-0.4, -0.2) is 51.3 Å². The molecule has 1 heterocycles. The first kappa shape index (κ1) is 18.2. The van der Waals surface area contributed by atoms with Crippen molar-refractivity contribution >= 4 is 12.0 Å². The number of aliphatic hydroxyl groups excluding tert-OH is 1. The van der Waals surface area contributed by atoms with Crippen LogP contribution in [0.4, 0.5) is 4.79 Å². The molecular weight excluding hydrogens is 310 g/mol. The van der Waals surface area contributed by atoms with E-state index < -0.39 is 24.3 Å². The first-order valence-electron chi connectivity index (χ1n) is 8.11. The maximum Gasteiger partial charge on any atom is 0.408 e. The minimum absolute atomic E-state index is 0.133. The fourth-order valence-electron chi connectivity index (χ4n) is 2.27. The molecule has 7 nitrogen and oxygen atoms in total. The molecule has 1 aromatic rings. The van der Waals surface area contributed by atoms with Gasteiger partial charge < -0.3 is 20.1 Å². The number of rotatable bonds is 6. The molecule has 1 atom stereocenters. The van der Waals surface area contributed by atoms with Crippen molar-refractivity contribution in [3.8, 4) is 0 Å². The van der Waals surface area contributed by atoms with Gasteiger partial charge in [0, 0.05) is 12.2 Å². The van der Waals surface area contributed by atoms with Gasteiger partial charge in [-0.1, -0.05) is 6.07 Å². The third-order valence-electron chi connectivity index (χ3n) is 3.50. The van der Waals surface area contributed by atoms with Crippen LogP contribution in [0.5, 0.6) is 0 Å². The van der Waals surface area contributed by atoms with Crippen LogP contribution >= 0.6 is 0 Å². The highest BCUT2D eigenvalue weighted by molar-refractivity contribution is 5.86. The monoisotopic (exact) mass is 335 g/mol. The zero-order valence-corrected chi connectivity index (χ0v) is 14.4. The van der Waals surface area contributed by atoms with Crippen LogP contribution in [0.15, 0.2) is 24.4 Å².